The van der Waals surface area contributed by atoms with E-state index >= 15 is 0 Å². The van der Waals surface area contributed by atoms with Crippen LogP contribution in [-0.4, -0.2) is 31.5 Å². The normalized spacial score (nSPS) is 16.9. The van der Waals surface area contributed by atoms with Crippen LogP contribution in [-0.2, 0) is 20.9 Å². The van der Waals surface area contributed by atoms with Gasteiger partial charge in [-0.2, -0.15) is 0 Å². The van der Waals surface area contributed by atoms with Crippen LogP contribution in [0.25, 0.3) is 0 Å². The minimum Gasteiger partial charge on any atom is -0.467 e. The fraction of sp³-hybridized carbons (Fsp3) is 0.368. The average molecular weight is 377 g/mol. The average Bonchev–Trinajstić information content (AvgIpc) is 3.28. The molecule has 138 valence electrons. The Morgan fingerprint density at radius 1 is 1.31 bits per heavy atom. The third-order valence-electron chi connectivity index (χ3n) is 4.22. The Kier molecular flexibility index (Phi) is 6.30. The molecule has 0 aliphatic carbocycles. The molecular formula is C19H21ClN2O4. The van der Waals surface area contributed by atoms with Crippen LogP contribution in [0.1, 0.15) is 18.6 Å². The number of rotatable bonds is 8. The fourth-order valence-corrected chi connectivity index (χ4v) is 2.98. The lowest BCUT2D eigenvalue weighted by Crippen LogP contribution is -2.33. The molecule has 1 N–H and O–H groups in total. The quantitative estimate of drug-likeness (QED) is 0.719. The molecule has 0 bridgehead atoms. The van der Waals surface area contributed by atoms with Crippen molar-refractivity contribution in [1.29, 1.82) is 0 Å². The summed E-state index contributed by atoms with van der Waals surface area (Å²) in [4.78, 5) is 26.1. The second-order valence-electron chi connectivity index (χ2n) is 6.16. The summed E-state index contributed by atoms with van der Waals surface area (Å²) in [5, 5.41) is 3.49. The number of amides is 2. The first-order valence-corrected chi connectivity index (χ1v) is 8.95. The number of carbonyl (C=O) groups is 2. The number of halogens is 1. The Morgan fingerprint density at radius 2 is 2.12 bits per heavy atom. The number of furan rings is 1. The first kappa shape index (κ1) is 18.5. The first-order chi connectivity index (χ1) is 12.6. The van der Waals surface area contributed by atoms with Crippen molar-refractivity contribution in [2.45, 2.75) is 19.4 Å². The largest absolute Gasteiger partial charge is 0.467 e. The smallest absolute Gasteiger partial charge is 0.227 e. The lowest BCUT2D eigenvalue weighted by Gasteiger charge is -2.16. The van der Waals surface area contributed by atoms with Gasteiger partial charge in [0, 0.05) is 36.8 Å². The van der Waals surface area contributed by atoms with Gasteiger partial charge in [-0.25, -0.2) is 0 Å². The van der Waals surface area contributed by atoms with E-state index in [1.54, 1.807) is 35.4 Å². The van der Waals surface area contributed by atoms with Gasteiger partial charge in [0.15, 0.2) is 0 Å². The molecular weight excluding hydrogens is 356 g/mol. The van der Waals surface area contributed by atoms with E-state index in [4.69, 9.17) is 20.8 Å². The van der Waals surface area contributed by atoms with Gasteiger partial charge < -0.3 is 19.4 Å². The molecule has 0 spiro atoms. The van der Waals surface area contributed by atoms with Gasteiger partial charge in [-0.15, -0.1) is 0 Å². The summed E-state index contributed by atoms with van der Waals surface area (Å²) < 4.78 is 10.6. The molecule has 0 radical (unpaired) electrons. The fourth-order valence-electron chi connectivity index (χ4n) is 2.85. The number of benzene rings is 1. The number of carbonyl (C=O) groups excluding carboxylic acids is 2. The summed E-state index contributed by atoms with van der Waals surface area (Å²) in [6.07, 6.45) is 2.53. The second-order valence-corrected chi connectivity index (χ2v) is 6.59. The molecule has 1 fully saturated rings. The minimum absolute atomic E-state index is 0.0470. The van der Waals surface area contributed by atoms with E-state index in [0.717, 1.165) is 11.4 Å². The summed E-state index contributed by atoms with van der Waals surface area (Å²) in [6.45, 7) is 1.86. The topological polar surface area (TPSA) is 71.8 Å². The van der Waals surface area contributed by atoms with Crippen LogP contribution in [0.2, 0.25) is 5.02 Å². The van der Waals surface area contributed by atoms with Gasteiger partial charge in [0.1, 0.15) is 12.4 Å². The number of nitrogens with zero attached hydrogens (tertiary/aromatic N) is 1. The van der Waals surface area contributed by atoms with E-state index in [0.29, 0.717) is 37.7 Å². The Hall–Kier alpha value is -2.31. The van der Waals surface area contributed by atoms with Crippen LogP contribution in [0.5, 0.6) is 0 Å². The number of nitrogens with one attached hydrogen (secondary N) is 1. The van der Waals surface area contributed by atoms with E-state index < -0.39 is 0 Å². The van der Waals surface area contributed by atoms with Crippen LogP contribution in [0.4, 0.5) is 5.69 Å². The molecule has 2 heterocycles. The molecule has 1 saturated heterocycles. The molecule has 1 unspecified atom stereocenters. The summed E-state index contributed by atoms with van der Waals surface area (Å²) in [5.74, 6) is 0.304. The van der Waals surface area contributed by atoms with Crippen molar-refractivity contribution in [3.63, 3.8) is 0 Å². The number of ether oxygens (including phenoxy) is 1. The zero-order valence-corrected chi connectivity index (χ0v) is 15.1. The van der Waals surface area contributed by atoms with Gasteiger partial charge >= 0.3 is 0 Å². The zero-order valence-electron chi connectivity index (χ0n) is 14.3. The predicted octanol–water partition coefficient (Wildman–Crippen LogP) is 3.01. The van der Waals surface area contributed by atoms with Gasteiger partial charge in [0.2, 0.25) is 11.8 Å². The Morgan fingerprint density at radius 3 is 2.85 bits per heavy atom. The third-order valence-corrected chi connectivity index (χ3v) is 4.48. The van der Waals surface area contributed by atoms with Crippen molar-refractivity contribution >= 4 is 29.1 Å². The zero-order chi connectivity index (χ0) is 18.4. The summed E-state index contributed by atoms with van der Waals surface area (Å²) in [6, 6.07) is 10.7. The third kappa shape index (κ3) is 4.86. The molecule has 3 rings (SSSR count). The van der Waals surface area contributed by atoms with Crippen LogP contribution >= 0.6 is 11.6 Å². The molecule has 0 saturated carbocycles. The Balaban J connectivity index is 1.37. The number of hydrogen-bond acceptors (Lipinski definition) is 4. The molecule has 2 amide bonds. The highest BCUT2D eigenvalue weighted by atomic mass is 35.5. The van der Waals surface area contributed by atoms with Gasteiger partial charge in [-0.05, 0) is 42.8 Å². The van der Waals surface area contributed by atoms with Crippen molar-refractivity contribution < 1.29 is 18.7 Å². The van der Waals surface area contributed by atoms with E-state index in [-0.39, 0.29) is 24.2 Å². The van der Waals surface area contributed by atoms with E-state index in [2.05, 4.69) is 5.32 Å². The summed E-state index contributed by atoms with van der Waals surface area (Å²) >= 11 is 5.87. The van der Waals surface area contributed by atoms with E-state index in [1.807, 2.05) is 12.1 Å². The lowest BCUT2D eigenvalue weighted by molar-refractivity contribution is -0.126. The highest BCUT2D eigenvalue weighted by Crippen LogP contribution is 2.26. The van der Waals surface area contributed by atoms with Crippen LogP contribution in [0.15, 0.2) is 47.1 Å². The Labute approximate surface area is 157 Å². The first-order valence-electron chi connectivity index (χ1n) is 8.57. The summed E-state index contributed by atoms with van der Waals surface area (Å²) in [7, 11) is 0. The van der Waals surface area contributed by atoms with Gasteiger partial charge in [-0.3, -0.25) is 9.59 Å². The molecule has 26 heavy (non-hydrogen) atoms. The highest BCUT2D eigenvalue weighted by molar-refractivity contribution is 6.30. The van der Waals surface area contributed by atoms with E-state index in [9.17, 15) is 9.59 Å². The molecule has 1 aromatic heterocycles. The molecule has 1 atom stereocenters. The second kappa shape index (κ2) is 8.87. The minimum atomic E-state index is -0.331. The highest BCUT2D eigenvalue weighted by Gasteiger charge is 2.34. The van der Waals surface area contributed by atoms with Gasteiger partial charge in [-0.1, -0.05) is 11.6 Å². The maximum Gasteiger partial charge on any atom is 0.227 e. The van der Waals surface area contributed by atoms with Crippen LogP contribution in [0, 0.1) is 5.92 Å². The maximum atomic E-state index is 12.3. The predicted molar refractivity (Wildman–Crippen MR) is 97.9 cm³/mol. The number of hydrogen-bond donors (Lipinski definition) is 1. The van der Waals surface area contributed by atoms with Crippen molar-refractivity contribution in [1.82, 2.24) is 5.32 Å². The van der Waals surface area contributed by atoms with Gasteiger partial charge in [0.25, 0.3) is 0 Å². The monoisotopic (exact) mass is 376 g/mol. The molecule has 6 nitrogen and oxygen atoms in total. The SMILES string of the molecule is O=C(NCCCOCc1ccco1)C1CC(=O)N(c2ccc(Cl)cc2)C1. The van der Waals surface area contributed by atoms with Crippen LogP contribution in [0.3, 0.4) is 0 Å². The molecule has 2 aromatic rings. The molecule has 1 aliphatic heterocycles. The van der Waals surface area contributed by atoms with Gasteiger partial charge in [0.05, 0.1) is 12.2 Å². The molecule has 1 aromatic carbocycles. The standard InChI is InChI=1S/C19H21ClN2O4/c20-15-4-6-16(7-5-15)22-12-14(11-18(22)23)19(24)21-8-2-9-25-13-17-3-1-10-26-17/h1,3-7,10,14H,2,8-9,11-13H2,(H,21,24). The van der Waals surface area contributed by atoms with Crippen molar-refractivity contribution in [3.8, 4) is 0 Å². The Bertz CT molecular complexity index is 731. The van der Waals surface area contributed by atoms with E-state index in [1.165, 1.54) is 0 Å². The maximum absolute atomic E-state index is 12.3. The molecule has 7 heteroatoms. The lowest BCUT2D eigenvalue weighted by atomic mass is 10.1. The molecule has 1 aliphatic rings. The summed E-state index contributed by atoms with van der Waals surface area (Å²) in [5.41, 5.74) is 0.765. The van der Waals surface area contributed by atoms with Crippen molar-refractivity contribution in [2.24, 2.45) is 5.92 Å². The van der Waals surface area contributed by atoms with Crippen molar-refractivity contribution in [2.75, 3.05) is 24.6 Å². The van der Waals surface area contributed by atoms with Crippen molar-refractivity contribution in [3.05, 3.63) is 53.4 Å². The van der Waals surface area contributed by atoms with Crippen LogP contribution < -0.4 is 10.2 Å². The number of anilines is 1.